The number of carbonyl (C=O) groups is 1. The Balaban J connectivity index is 0. The van der Waals surface area contributed by atoms with Crippen LogP contribution in [-0.4, -0.2) is 27.5 Å². The van der Waals surface area contributed by atoms with E-state index in [2.05, 4.69) is 6.92 Å². The molecule has 0 spiro atoms. The lowest BCUT2D eigenvalue weighted by Gasteiger charge is -2.02. The van der Waals surface area contributed by atoms with E-state index in [0.717, 1.165) is 12.8 Å². The third-order valence-electron chi connectivity index (χ3n) is 1.80. The molecule has 0 amide bonds. The van der Waals surface area contributed by atoms with Gasteiger partial charge in [-0.2, -0.15) is 0 Å². The van der Waals surface area contributed by atoms with Crippen molar-refractivity contribution < 1.29 is 24.3 Å². The van der Waals surface area contributed by atoms with Crippen molar-refractivity contribution >= 4 is 14.1 Å². The first kappa shape index (κ1) is 17.0. The van der Waals surface area contributed by atoms with Gasteiger partial charge in [0.1, 0.15) is 0 Å². The van der Waals surface area contributed by atoms with E-state index in [1.54, 1.807) is 0 Å². The fraction of sp³-hybridized carbons (Fsp3) is 0.889. The molecule has 0 aromatic heterocycles. The van der Waals surface area contributed by atoms with Gasteiger partial charge in [0.05, 0.1) is 0 Å². The first-order valence-electron chi connectivity index (χ1n) is 5.10. The highest BCUT2D eigenvalue weighted by atomic mass is 31.2. The third kappa shape index (κ3) is 24.7. The molecule has 0 bridgehead atoms. The van der Waals surface area contributed by atoms with Gasteiger partial charge in [0.25, 0.3) is 6.47 Å². The summed E-state index contributed by atoms with van der Waals surface area (Å²) < 4.78 is 10.4. The summed E-state index contributed by atoms with van der Waals surface area (Å²) in [5.74, 6) is 0. The lowest BCUT2D eigenvalue weighted by atomic mass is 10.1. The molecule has 3 N–H and O–H groups in total. The predicted molar refractivity (Wildman–Crippen MR) is 59.0 cm³/mol. The summed E-state index contributed by atoms with van der Waals surface area (Å²) in [5, 5.41) is 6.89. The van der Waals surface area contributed by atoms with Gasteiger partial charge in [0.2, 0.25) is 0 Å². The third-order valence-corrected chi connectivity index (χ3v) is 2.70. The lowest BCUT2D eigenvalue weighted by molar-refractivity contribution is -0.122. The van der Waals surface area contributed by atoms with Gasteiger partial charge in [-0.3, -0.25) is 9.36 Å². The molecule has 0 aromatic carbocycles. The van der Waals surface area contributed by atoms with Crippen LogP contribution in [0.3, 0.4) is 0 Å². The largest absolute Gasteiger partial charge is 0.483 e. The standard InChI is InChI=1S/C8H19O3P.CH2O2/c1-2-3-4-5-6-7-8-12(9,10)11;2-1-3/h2-8H2,1H3,(H2,9,10,11);1H,(H,2,3). The van der Waals surface area contributed by atoms with Gasteiger partial charge in [-0.1, -0.05) is 39.0 Å². The summed E-state index contributed by atoms with van der Waals surface area (Å²) in [4.78, 5) is 25.4. The molecule has 6 heteroatoms. The van der Waals surface area contributed by atoms with E-state index in [-0.39, 0.29) is 12.6 Å². The molecule has 0 aliphatic heterocycles. The van der Waals surface area contributed by atoms with Crippen molar-refractivity contribution in [1.82, 2.24) is 0 Å². The Kier molecular flexibility index (Phi) is 13.3. The average molecular weight is 240 g/mol. The normalized spacial score (nSPS) is 10.3. The fourth-order valence-electron chi connectivity index (χ4n) is 1.10. The maximum atomic E-state index is 10.4. The van der Waals surface area contributed by atoms with Gasteiger partial charge in [0.15, 0.2) is 0 Å². The van der Waals surface area contributed by atoms with Gasteiger partial charge in [-0.05, 0) is 6.42 Å². The highest BCUT2D eigenvalue weighted by Gasteiger charge is 2.10. The van der Waals surface area contributed by atoms with Gasteiger partial charge in [0, 0.05) is 6.16 Å². The highest BCUT2D eigenvalue weighted by molar-refractivity contribution is 7.51. The Morgan fingerprint density at radius 2 is 1.47 bits per heavy atom. The zero-order valence-corrected chi connectivity index (χ0v) is 10.0. The summed E-state index contributed by atoms with van der Waals surface area (Å²) in [6.45, 7) is 1.90. The lowest BCUT2D eigenvalue weighted by Crippen LogP contribution is -1.88. The minimum atomic E-state index is -3.72. The zero-order valence-electron chi connectivity index (χ0n) is 9.13. The maximum Gasteiger partial charge on any atom is 0.325 e. The molecular formula is C9H21O5P. The second kappa shape index (κ2) is 11.7. The van der Waals surface area contributed by atoms with Crippen LogP contribution in [0.2, 0.25) is 0 Å². The Morgan fingerprint density at radius 3 is 1.87 bits per heavy atom. The van der Waals surface area contributed by atoms with Crippen molar-refractivity contribution in [2.45, 2.75) is 45.4 Å². The van der Waals surface area contributed by atoms with Crippen molar-refractivity contribution in [2.75, 3.05) is 6.16 Å². The molecule has 0 heterocycles. The van der Waals surface area contributed by atoms with Crippen LogP contribution in [0.25, 0.3) is 0 Å². The SMILES string of the molecule is CCCCCCCCP(=O)(O)O.O=CO. The van der Waals surface area contributed by atoms with Crippen LogP contribution in [0.1, 0.15) is 45.4 Å². The zero-order chi connectivity index (χ0) is 12.2. The topological polar surface area (TPSA) is 94.8 Å². The van der Waals surface area contributed by atoms with E-state index in [0.29, 0.717) is 6.42 Å². The summed E-state index contributed by atoms with van der Waals surface area (Å²) in [5.41, 5.74) is 0. The molecule has 0 radical (unpaired) electrons. The van der Waals surface area contributed by atoms with Crippen LogP contribution in [0.15, 0.2) is 0 Å². The van der Waals surface area contributed by atoms with Crippen LogP contribution in [0, 0.1) is 0 Å². The second-order valence-electron chi connectivity index (χ2n) is 3.26. The molecule has 15 heavy (non-hydrogen) atoms. The molecule has 92 valence electrons. The molecule has 0 saturated heterocycles. The van der Waals surface area contributed by atoms with Gasteiger partial charge < -0.3 is 14.9 Å². The average Bonchev–Trinajstić information content (AvgIpc) is 2.11. The summed E-state index contributed by atoms with van der Waals surface area (Å²) in [6, 6.07) is 0. The van der Waals surface area contributed by atoms with Gasteiger partial charge >= 0.3 is 7.60 Å². The van der Waals surface area contributed by atoms with Crippen LogP contribution in [0.5, 0.6) is 0 Å². The van der Waals surface area contributed by atoms with Crippen molar-refractivity contribution in [3.63, 3.8) is 0 Å². The monoisotopic (exact) mass is 240 g/mol. The van der Waals surface area contributed by atoms with Crippen molar-refractivity contribution in [1.29, 1.82) is 0 Å². The van der Waals surface area contributed by atoms with Crippen LogP contribution >= 0.6 is 7.60 Å². The predicted octanol–water partition coefficient (Wildman–Crippen LogP) is 2.23. The minimum absolute atomic E-state index is 0.0547. The fourth-order valence-corrected chi connectivity index (χ4v) is 1.73. The molecule has 0 aliphatic carbocycles. The molecule has 0 saturated carbocycles. The van der Waals surface area contributed by atoms with E-state index in [1.165, 1.54) is 19.3 Å². The van der Waals surface area contributed by atoms with Crippen molar-refractivity contribution in [3.8, 4) is 0 Å². The molecular weight excluding hydrogens is 219 g/mol. The Morgan fingerprint density at radius 1 is 1.07 bits per heavy atom. The smallest absolute Gasteiger partial charge is 0.325 e. The number of unbranched alkanes of at least 4 members (excludes halogenated alkanes) is 5. The molecule has 5 nitrogen and oxygen atoms in total. The Bertz CT molecular complexity index is 177. The van der Waals surface area contributed by atoms with Crippen LogP contribution < -0.4 is 0 Å². The van der Waals surface area contributed by atoms with E-state index >= 15 is 0 Å². The van der Waals surface area contributed by atoms with E-state index < -0.39 is 7.60 Å². The van der Waals surface area contributed by atoms with Crippen molar-refractivity contribution in [2.24, 2.45) is 0 Å². The highest BCUT2D eigenvalue weighted by Crippen LogP contribution is 2.35. The number of rotatable bonds is 7. The quantitative estimate of drug-likeness (QED) is 0.360. The van der Waals surface area contributed by atoms with Crippen LogP contribution in [0.4, 0.5) is 0 Å². The number of hydrogen-bond donors (Lipinski definition) is 3. The number of carboxylic acid groups (broad SMARTS) is 1. The molecule has 0 rings (SSSR count). The van der Waals surface area contributed by atoms with E-state index in [1.807, 2.05) is 0 Å². The summed E-state index contributed by atoms with van der Waals surface area (Å²) >= 11 is 0. The number of hydrogen-bond acceptors (Lipinski definition) is 2. The Hall–Kier alpha value is -0.380. The first-order chi connectivity index (χ1) is 6.97. The Labute approximate surface area is 90.7 Å². The molecule has 0 aliphatic rings. The maximum absolute atomic E-state index is 10.4. The minimum Gasteiger partial charge on any atom is -0.483 e. The summed E-state index contributed by atoms with van der Waals surface area (Å²) in [6.07, 6.45) is 6.40. The van der Waals surface area contributed by atoms with E-state index in [4.69, 9.17) is 19.7 Å². The molecule has 0 aromatic rings. The van der Waals surface area contributed by atoms with Gasteiger partial charge in [-0.25, -0.2) is 0 Å². The first-order valence-corrected chi connectivity index (χ1v) is 6.90. The second-order valence-corrected chi connectivity index (χ2v) is 5.04. The molecule has 0 atom stereocenters. The van der Waals surface area contributed by atoms with Crippen molar-refractivity contribution in [3.05, 3.63) is 0 Å². The molecule has 0 unspecified atom stereocenters. The van der Waals surface area contributed by atoms with Gasteiger partial charge in [-0.15, -0.1) is 0 Å². The summed E-state index contributed by atoms with van der Waals surface area (Å²) in [7, 11) is -3.72. The molecule has 0 fully saturated rings. The van der Waals surface area contributed by atoms with E-state index in [9.17, 15) is 4.57 Å². The van der Waals surface area contributed by atoms with Crippen LogP contribution in [-0.2, 0) is 9.36 Å².